The number of rotatable bonds is 4. The van der Waals surface area contributed by atoms with Gasteiger partial charge in [-0.3, -0.25) is 9.69 Å². The molecule has 3 rings (SSSR count). The quantitative estimate of drug-likeness (QED) is 0.850. The predicted molar refractivity (Wildman–Crippen MR) is 86.7 cm³/mol. The van der Waals surface area contributed by atoms with Gasteiger partial charge in [0.15, 0.2) is 0 Å². The lowest BCUT2D eigenvalue weighted by molar-refractivity contribution is -0.136. The minimum Gasteiger partial charge on any atom is -0.378 e. The van der Waals surface area contributed by atoms with Crippen LogP contribution < -0.4 is 0 Å². The van der Waals surface area contributed by atoms with Crippen LogP contribution >= 0.6 is 0 Å². The van der Waals surface area contributed by atoms with Gasteiger partial charge < -0.3 is 9.64 Å². The van der Waals surface area contributed by atoms with Crippen molar-refractivity contribution in [1.29, 1.82) is 0 Å². The summed E-state index contributed by atoms with van der Waals surface area (Å²) in [5.41, 5.74) is 1.44. The lowest BCUT2D eigenvalue weighted by Gasteiger charge is -2.34. The largest absolute Gasteiger partial charge is 0.378 e. The molecule has 0 bridgehead atoms. The van der Waals surface area contributed by atoms with Crippen LogP contribution in [0.1, 0.15) is 18.4 Å². The van der Waals surface area contributed by atoms with E-state index in [-0.39, 0.29) is 5.91 Å². The molecular weight excluding hydrogens is 276 g/mol. The number of carbonyl (C=O) groups is 1. The third kappa shape index (κ3) is 4.31. The monoisotopic (exact) mass is 302 g/mol. The minimum atomic E-state index is 0.268. The van der Waals surface area contributed by atoms with E-state index in [1.807, 2.05) is 4.90 Å². The number of likely N-dealkylation sites (tertiary alicyclic amines) is 1. The fourth-order valence-electron chi connectivity index (χ4n) is 3.40. The van der Waals surface area contributed by atoms with Crippen molar-refractivity contribution in [1.82, 2.24) is 9.80 Å². The van der Waals surface area contributed by atoms with Gasteiger partial charge in [0.05, 0.1) is 19.8 Å². The number of morpholine rings is 1. The SMILES string of the molecule is O=C(CN1CCC(Cc2ccccc2)CC1)N1CCOCC1. The van der Waals surface area contributed by atoms with E-state index in [4.69, 9.17) is 4.74 Å². The van der Waals surface area contributed by atoms with E-state index in [1.54, 1.807) is 0 Å². The Kier molecular flexibility index (Phi) is 5.46. The predicted octanol–water partition coefficient (Wildman–Crippen LogP) is 1.80. The highest BCUT2D eigenvalue weighted by Gasteiger charge is 2.23. The highest BCUT2D eigenvalue weighted by molar-refractivity contribution is 5.78. The average Bonchev–Trinajstić information content (AvgIpc) is 2.58. The molecular formula is C18H26N2O2. The molecule has 0 radical (unpaired) electrons. The van der Waals surface area contributed by atoms with Crippen molar-refractivity contribution >= 4 is 5.91 Å². The summed E-state index contributed by atoms with van der Waals surface area (Å²) in [7, 11) is 0. The summed E-state index contributed by atoms with van der Waals surface area (Å²) in [4.78, 5) is 16.5. The Bertz CT molecular complexity index is 463. The zero-order valence-electron chi connectivity index (χ0n) is 13.2. The third-order valence-electron chi connectivity index (χ3n) is 4.80. The lowest BCUT2D eigenvalue weighted by Crippen LogP contribution is -2.47. The molecule has 120 valence electrons. The maximum absolute atomic E-state index is 12.3. The molecule has 2 aliphatic rings. The second-order valence-corrected chi connectivity index (χ2v) is 6.40. The highest BCUT2D eigenvalue weighted by atomic mass is 16.5. The van der Waals surface area contributed by atoms with Crippen molar-refractivity contribution in [2.45, 2.75) is 19.3 Å². The Morgan fingerprint density at radius 3 is 2.41 bits per heavy atom. The topological polar surface area (TPSA) is 32.8 Å². The van der Waals surface area contributed by atoms with Crippen LogP contribution in [0.3, 0.4) is 0 Å². The highest BCUT2D eigenvalue weighted by Crippen LogP contribution is 2.21. The van der Waals surface area contributed by atoms with Crippen LogP contribution in [-0.2, 0) is 16.0 Å². The zero-order valence-corrected chi connectivity index (χ0v) is 13.2. The van der Waals surface area contributed by atoms with Crippen molar-refractivity contribution in [3.05, 3.63) is 35.9 Å². The molecule has 1 amide bonds. The van der Waals surface area contributed by atoms with E-state index in [9.17, 15) is 4.79 Å². The number of piperidine rings is 1. The van der Waals surface area contributed by atoms with Gasteiger partial charge in [0, 0.05) is 13.1 Å². The molecule has 2 saturated heterocycles. The Balaban J connectivity index is 1.40. The Morgan fingerprint density at radius 1 is 1.05 bits per heavy atom. The third-order valence-corrected chi connectivity index (χ3v) is 4.80. The molecule has 2 aliphatic heterocycles. The Hall–Kier alpha value is -1.39. The molecule has 0 aliphatic carbocycles. The molecule has 0 aromatic heterocycles. The van der Waals surface area contributed by atoms with Gasteiger partial charge >= 0.3 is 0 Å². The molecule has 0 saturated carbocycles. The molecule has 0 atom stereocenters. The summed E-state index contributed by atoms with van der Waals surface area (Å²) in [5, 5.41) is 0. The van der Waals surface area contributed by atoms with E-state index >= 15 is 0 Å². The van der Waals surface area contributed by atoms with Gasteiger partial charge in [-0.2, -0.15) is 0 Å². The van der Waals surface area contributed by atoms with E-state index in [1.165, 1.54) is 24.8 Å². The van der Waals surface area contributed by atoms with Gasteiger partial charge in [0.1, 0.15) is 0 Å². The van der Waals surface area contributed by atoms with Crippen LogP contribution in [0.2, 0.25) is 0 Å². The van der Waals surface area contributed by atoms with Crippen LogP contribution in [0.15, 0.2) is 30.3 Å². The fourth-order valence-corrected chi connectivity index (χ4v) is 3.40. The molecule has 1 aromatic rings. The number of carbonyl (C=O) groups excluding carboxylic acids is 1. The van der Waals surface area contributed by atoms with Crippen LogP contribution in [0.25, 0.3) is 0 Å². The Morgan fingerprint density at radius 2 is 1.73 bits per heavy atom. The normalized spacial score (nSPS) is 21.0. The van der Waals surface area contributed by atoms with Crippen molar-refractivity contribution in [2.24, 2.45) is 5.92 Å². The number of nitrogens with zero attached hydrogens (tertiary/aromatic N) is 2. The van der Waals surface area contributed by atoms with Crippen LogP contribution in [0.5, 0.6) is 0 Å². The molecule has 2 heterocycles. The van der Waals surface area contributed by atoms with E-state index in [2.05, 4.69) is 35.2 Å². The molecule has 4 heteroatoms. The molecule has 0 N–H and O–H groups in total. The van der Waals surface area contributed by atoms with Crippen LogP contribution in [0, 0.1) is 5.92 Å². The van der Waals surface area contributed by atoms with Crippen molar-refractivity contribution in [2.75, 3.05) is 45.9 Å². The fraction of sp³-hybridized carbons (Fsp3) is 0.611. The summed E-state index contributed by atoms with van der Waals surface area (Å²) in [5.74, 6) is 1.03. The van der Waals surface area contributed by atoms with Crippen LogP contribution in [0.4, 0.5) is 0 Å². The molecule has 0 unspecified atom stereocenters. The smallest absolute Gasteiger partial charge is 0.236 e. The maximum atomic E-state index is 12.3. The number of hydrogen-bond donors (Lipinski definition) is 0. The second kappa shape index (κ2) is 7.75. The summed E-state index contributed by atoms with van der Waals surface area (Å²) in [6.45, 7) is 5.56. The second-order valence-electron chi connectivity index (χ2n) is 6.40. The van der Waals surface area contributed by atoms with Crippen molar-refractivity contribution in [3.8, 4) is 0 Å². The van der Waals surface area contributed by atoms with Crippen LogP contribution in [-0.4, -0.2) is 61.6 Å². The number of hydrogen-bond acceptors (Lipinski definition) is 3. The molecule has 22 heavy (non-hydrogen) atoms. The van der Waals surface area contributed by atoms with Gasteiger partial charge in [-0.05, 0) is 43.8 Å². The van der Waals surface area contributed by atoms with E-state index in [0.717, 1.165) is 32.1 Å². The van der Waals surface area contributed by atoms with Gasteiger partial charge in [-0.15, -0.1) is 0 Å². The summed E-state index contributed by atoms with van der Waals surface area (Å²) in [6, 6.07) is 10.7. The first kappa shape index (κ1) is 15.5. The van der Waals surface area contributed by atoms with Crippen molar-refractivity contribution in [3.63, 3.8) is 0 Å². The standard InChI is InChI=1S/C18H26N2O2/c21-18(20-10-12-22-13-11-20)15-19-8-6-17(7-9-19)14-16-4-2-1-3-5-16/h1-5,17H,6-15H2. The summed E-state index contributed by atoms with van der Waals surface area (Å²) >= 11 is 0. The minimum absolute atomic E-state index is 0.268. The first-order chi connectivity index (χ1) is 10.8. The number of benzene rings is 1. The molecule has 1 aromatic carbocycles. The number of ether oxygens (including phenoxy) is 1. The van der Waals surface area contributed by atoms with Gasteiger partial charge in [-0.25, -0.2) is 0 Å². The maximum Gasteiger partial charge on any atom is 0.236 e. The lowest BCUT2D eigenvalue weighted by atomic mass is 9.90. The molecule has 2 fully saturated rings. The first-order valence-electron chi connectivity index (χ1n) is 8.43. The van der Waals surface area contributed by atoms with Crippen molar-refractivity contribution < 1.29 is 9.53 Å². The summed E-state index contributed by atoms with van der Waals surface area (Å²) in [6.07, 6.45) is 3.57. The average molecular weight is 302 g/mol. The van der Waals surface area contributed by atoms with Gasteiger partial charge in [0.25, 0.3) is 0 Å². The van der Waals surface area contributed by atoms with Gasteiger partial charge in [-0.1, -0.05) is 30.3 Å². The van der Waals surface area contributed by atoms with Gasteiger partial charge in [0.2, 0.25) is 5.91 Å². The summed E-state index contributed by atoms with van der Waals surface area (Å²) < 4.78 is 5.30. The Labute approximate surface area is 133 Å². The molecule has 0 spiro atoms. The number of amides is 1. The van der Waals surface area contributed by atoms with E-state index < -0.39 is 0 Å². The zero-order chi connectivity index (χ0) is 15.2. The first-order valence-corrected chi connectivity index (χ1v) is 8.43. The molecule has 4 nitrogen and oxygen atoms in total. The van der Waals surface area contributed by atoms with E-state index in [0.29, 0.717) is 19.8 Å².